The van der Waals surface area contributed by atoms with Crippen LogP contribution in [0.1, 0.15) is 0 Å². The van der Waals surface area contributed by atoms with Crippen LogP contribution in [-0.4, -0.2) is 4.98 Å². The lowest BCUT2D eigenvalue weighted by atomic mass is 9.82. The average Bonchev–Trinajstić information content (AvgIpc) is 3.03. The lowest BCUT2D eigenvalue weighted by Gasteiger charge is -2.21. The molecule has 8 aromatic rings. The molecule has 0 radical (unpaired) electrons. The lowest BCUT2D eigenvalue weighted by Crippen LogP contribution is -1.95. The summed E-state index contributed by atoms with van der Waals surface area (Å²) in [5.41, 5.74) is 8.36. The third kappa shape index (κ3) is 3.45. The maximum Gasteiger partial charge on any atom is 0.0793 e. The van der Waals surface area contributed by atoms with E-state index in [1.165, 1.54) is 65.7 Å². The second kappa shape index (κ2) is 9.18. The molecule has 0 amide bonds. The average molecular weight is 508 g/mol. The molecule has 40 heavy (non-hydrogen) atoms. The van der Waals surface area contributed by atoms with Gasteiger partial charge in [-0.25, -0.2) is 0 Å². The molecule has 8 rings (SSSR count). The Morgan fingerprint density at radius 2 is 0.925 bits per heavy atom. The predicted molar refractivity (Wildman–Crippen MR) is 171 cm³/mol. The Kier molecular flexibility index (Phi) is 5.21. The minimum Gasteiger partial charge on any atom is -0.256 e. The molecule has 0 spiro atoms. The van der Waals surface area contributed by atoms with Crippen LogP contribution in [0.15, 0.2) is 152 Å². The van der Waals surface area contributed by atoms with Crippen LogP contribution < -0.4 is 0 Å². The SMILES string of the molecule is c1ccc(-c2ccc3ccccc3c2-c2c3ccccc3c(-c3cccc4ccccc34)c3ncccc23)cc1. The van der Waals surface area contributed by atoms with Gasteiger partial charge in [-0.15, -0.1) is 0 Å². The van der Waals surface area contributed by atoms with E-state index < -0.39 is 0 Å². The predicted octanol–water partition coefficient (Wildman–Crippen LogP) is 10.7. The fourth-order valence-corrected chi connectivity index (χ4v) is 6.38. The van der Waals surface area contributed by atoms with Crippen LogP contribution in [0.5, 0.6) is 0 Å². The second-order valence-corrected chi connectivity index (χ2v) is 10.3. The van der Waals surface area contributed by atoms with Crippen molar-refractivity contribution in [2.45, 2.75) is 0 Å². The Morgan fingerprint density at radius 1 is 0.325 bits per heavy atom. The molecule has 0 saturated heterocycles. The highest BCUT2D eigenvalue weighted by molar-refractivity contribution is 6.25. The number of nitrogens with zero attached hydrogens (tertiary/aromatic N) is 1. The van der Waals surface area contributed by atoms with Gasteiger partial charge >= 0.3 is 0 Å². The van der Waals surface area contributed by atoms with Gasteiger partial charge in [-0.3, -0.25) is 4.98 Å². The van der Waals surface area contributed by atoms with Gasteiger partial charge in [-0.05, 0) is 60.6 Å². The zero-order valence-corrected chi connectivity index (χ0v) is 21.9. The molecule has 1 nitrogen and oxygen atoms in total. The molecule has 0 fully saturated rings. The molecule has 0 bridgehead atoms. The summed E-state index contributed by atoms with van der Waals surface area (Å²) in [6.07, 6.45) is 1.93. The Hall–Kier alpha value is -5.27. The molecule has 0 atom stereocenters. The van der Waals surface area contributed by atoms with E-state index >= 15 is 0 Å². The Labute approximate surface area is 233 Å². The number of aromatic nitrogens is 1. The third-order valence-electron chi connectivity index (χ3n) is 8.10. The molecule has 0 aliphatic heterocycles. The van der Waals surface area contributed by atoms with Gasteiger partial charge < -0.3 is 0 Å². The quantitative estimate of drug-likeness (QED) is 0.217. The van der Waals surface area contributed by atoms with Crippen LogP contribution in [-0.2, 0) is 0 Å². The molecule has 186 valence electrons. The van der Waals surface area contributed by atoms with E-state index in [1.54, 1.807) is 0 Å². The smallest absolute Gasteiger partial charge is 0.0793 e. The topological polar surface area (TPSA) is 12.9 Å². The van der Waals surface area contributed by atoms with E-state index in [1.807, 2.05) is 6.20 Å². The molecule has 0 saturated carbocycles. The first kappa shape index (κ1) is 22.7. The van der Waals surface area contributed by atoms with Crippen molar-refractivity contribution in [2.24, 2.45) is 0 Å². The van der Waals surface area contributed by atoms with Crippen molar-refractivity contribution >= 4 is 43.2 Å². The highest BCUT2D eigenvalue weighted by Crippen LogP contribution is 2.48. The van der Waals surface area contributed by atoms with Crippen LogP contribution in [0.3, 0.4) is 0 Å². The fourth-order valence-electron chi connectivity index (χ4n) is 6.38. The van der Waals surface area contributed by atoms with E-state index in [-0.39, 0.29) is 0 Å². The summed E-state index contributed by atoms with van der Waals surface area (Å²) in [6.45, 7) is 0. The van der Waals surface area contributed by atoms with Crippen LogP contribution in [0.2, 0.25) is 0 Å². The minimum atomic E-state index is 1.03. The monoisotopic (exact) mass is 507 g/mol. The summed E-state index contributed by atoms with van der Waals surface area (Å²) in [7, 11) is 0. The van der Waals surface area contributed by atoms with Crippen molar-refractivity contribution in [3.05, 3.63) is 152 Å². The molecule has 0 unspecified atom stereocenters. The minimum absolute atomic E-state index is 1.03. The third-order valence-corrected chi connectivity index (χ3v) is 8.10. The molecule has 1 aromatic heterocycles. The Bertz CT molecular complexity index is 2150. The van der Waals surface area contributed by atoms with Gasteiger partial charge in [-0.2, -0.15) is 0 Å². The van der Waals surface area contributed by atoms with Crippen LogP contribution in [0.25, 0.3) is 76.6 Å². The van der Waals surface area contributed by atoms with Gasteiger partial charge in [0.2, 0.25) is 0 Å². The number of benzene rings is 7. The van der Waals surface area contributed by atoms with Crippen LogP contribution >= 0.6 is 0 Å². The van der Waals surface area contributed by atoms with Crippen molar-refractivity contribution in [1.82, 2.24) is 4.98 Å². The zero-order valence-electron chi connectivity index (χ0n) is 21.9. The second-order valence-electron chi connectivity index (χ2n) is 10.3. The maximum absolute atomic E-state index is 5.08. The van der Waals surface area contributed by atoms with Gasteiger partial charge in [0.05, 0.1) is 5.52 Å². The molecular weight excluding hydrogens is 482 g/mol. The summed E-state index contributed by atoms with van der Waals surface area (Å²) < 4.78 is 0. The highest BCUT2D eigenvalue weighted by Gasteiger charge is 2.22. The normalized spacial score (nSPS) is 11.5. The Morgan fingerprint density at radius 3 is 1.73 bits per heavy atom. The molecule has 0 aliphatic rings. The largest absolute Gasteiger partial charge is 0.256 e. The van der Waals surface area contributed by atoms with Gasteiger partial charge in [0.1, 0.15) is 0 Å². The van der Waals surface area contributed by atoms with Crippen molar-refractivity contribution in [1.29, 1.82) is 0 Å². The van der Waals surface area contributed by atoms with Crippen LogP contribution in [0.4, 0.5) is 0 Å². The zero-order chi connectivity index (χ0) is 26.5. The summed E-state index contributed by atoms with van der Waals surface area (Å²) >= 11 is 0. The first-order valence-corrected chi connectivity index (χ1v) is 13.7. The molecule has 1 heterocycles. The van der Waals surface area contributed by atoms with E-state index in [0.29, 0.717) is 0 Å². The molecule has 0 aliphatic carbocycles. The highest BCUT2D eigenvalue weighted by atomic mass is 14.7. The molecule has 0 N–H and O–H groups in total. The molecule has 1 heteroatoms. The van der Waals surface area contributed by atoms with Gasteiger partial charge in [-0.1, -0.05) is 140 Å². The van der Waals surface area contributed by atoms with Gasteiger partial charge in [0.25, 0.3) is 0 Å². The van der Waals surface area contributed by atoms with Crippen molar-refractivity contribution in [2.75, 3.05) is 0 Å². The van der Waals surface area contributed by atoms with Gasteiger partial charge in [0.15, 0.2) is 0 Å². The standard InChI is InChI=1S/C39H25N/c1-2-12-27(13-3-1)31-24-23-28-15-5-7-18-30(28)36(31)37-33-19-8-9-20-34(33)38(39-35(37)22-11-25-40-39)32-21-10-16-26-14-4-6-17-29(26)32/h1-25H. The maximum atomic E-state index is 5.08. The van der Waals surface area contributed by atoms with Crippen molar-refractivity contribution < 1.29 is 0 Å². The molecular formula is C39H25N. The van der Waals surface area contributed by atoms with Crippen molar-refractivity contribution in [3.63, 3.8) is 0 Å². The number of hydrogen-bond acceptors (Lipinski definition) is 1. The van der Waals surface area contributed by atoms with Crippen molar-refractivity contribution in [3.8, 4) is 33.4 Å². The number of pyridine rings is 1. The van der Waals surface area contributed by atoms with Gasteiger partial charge in [0, 0.05) is 22.7 Å². The van der Waals surface area contributed by atoms with Crippen LogP contribution in [0, 0.1) is 0 Å². The van der Waals surface area contributed by atoms with E-state index in [2.05, 4.69) is 146 Å². The summed E-state index contributed by atoms with van der Waals surface area (Å²) in [5, 5.41) is 8.57. The number of fused-ring (bicyclic) bond motifs is 4. The van der Waals surface area contributed by atoms with E-state index in [0.717, 1.165) is 10.9 Å². The summed E-state index contributed by atoms with van der Waals surface area (Å²) in [5.74, 6) is 0. The first-order chi connectivity index (χ1) is 19.9. The number of hydrogen-bond donors (Lipinski definition) is 0. The fraction of sp³-hybridized carbons (Fsp3) is 0. The summed E-state index contributed by atoms with van der Waals surface area (Å²) in [6, 6.07) is 52.4. The lowest BCUT2D eigenvalue weighted by molar-refractivity contribution is 1.42. The van der Waals surface area contributed by atoms with E-state index in [4.69, 9.17) is 4.98 Å². The first-order valence-electron chi connectivity index (χ1n) is 13.7. The van der Waals surface area contributed by atoms with E-state index in [9.17, 15) is 0 Å². The molecule has 7 aromatic carbocycles. The number of rotatable bonds is 3. The Balaban J connectivity index is 1.59. The summed E-state index contributed by atoms with van der Waals surface area (Å²) in [4.78, 5) is 5.08.